The molecule has 0 saturated heterocycles. The van der Waals surface area contributed by atoms with Crippen molar-refractivity contribution in [2.45, 2.75) is 18.2 Å². The summed E-state index contributed by atoms with van der Waals surface area (Å²) >= 11 is 7.44. The Morgan fingerprint density at radius 3 is 3.00 bits per heavy atom. The normalized spacial score (nSPS) is 27.1. The maximum Gasteiger partial charge on any atom is 0.267 e. The Morgan fingerprint density at radius 2 is 2.33 bits per heavy atom. The molecule has 0 radical (unpaired) electrons. The Kier molecular flexibility index (Phi) is 3.21. The van der Waals surface area contributed by atoms with E-state index >= 15 is 0 Å². The van der Waals surface area contributed by atoms with Crippen LogP contribution in [0.15, 0.2) is 11.6 Å². The van der Waals surface area contributed by atoms with Gasteiger partial charge in [-0.05, 0) is 23.4 Å². The first-order chi connectivity index (χ1) is 5.29. The van der Waals surface area contributed by atoms with Gasteiger partial charge in [-0.1, -0.05) is 0 Å². The van der Waals surface area contributed by atoms with E-state index < -0.39 is 0 Å². The number of nitrogens with zero attached hydrogens (tertiary/aromatic N) is 1. The summed E-state index contributed by atoms with van der Waals surface area (Å²) in [4.78, 5) is 11.2. The quantitative estimate of drug-likeness (QED) is 0.587. The Labute approximate surface area is 86.1 Å². The van der Waals surface area contributed by atoms with Crippen molar-refractivity contribution in [2.75, 3.05) is 0 Å². The molecule has 0 aliphatic carbocycles. The van der Waals surface area contributed by atoms with Crippen molar-refractivity contribution in [3.8, 4) is 0 Å². The molecule has 0 fully saturated rings. The van der Waals surface area contributed by atoms with E-state index in [-0.39, 0.29) is 23.6 Å². The van der Waals surface area contributed by atoms with Crippen molar-refractivity contribution in [3.63, 3.8) is 0 Å². The number of carbonyl (C=O) groups excluding carboxylic acids is 1. The van der Waals surface area contributed by atoms with Crippen LogP contribution in [0.4, 0.5) is 0 Å². The molecule has 66 valence electrons. The second-order valence-corrected chi connectivity index (χ2v) is 3.95. The van der Waals surface area contributed by atoms with Crippen LogP contribution < -0.4 is 0 Å². The molecule has 0 saturated carbocycles. The van der Waals surface area contributed by atoms with Gasteiger partial charge >= 0.3 is 0 Å². The minimum Gasteiger partial charge on any atom is -0.291 e. The third-order valence-electron chi connectivity index (χ3n) is 1.81. The summed E-state index contributed by atoms with van der Waals surface area (Å²) in [6.45, 7) is 0. The van der Waals surface area contributed by atoms with Crippen molar-refractivity contribution < 1.29 is 9.37 Å². The van der Waals surface area contributed by atoms with Gasteiger partial charge in [-0.2, -0.15) is 4.58 Å². The summed E-state index contributed by atoms with van der Waals surface area (Å²) in [6.07, 6.45) is 3.16. The van der Waals surface area contributed by atoms with Crippen LogP contribution in [0, 0.1) is 0 Å². The van der Waals surface area contributed by atoms with Crippen LogP contribution in [0.5, 0.6) is 0 Å². The molecule has 0 amide bonds. The predicted octanol–water partition coefficient (Wildman–Crippen LogP) is 1.96. The predicted molar refractivity (Wildman–Crippen MR) is 53.1 cm³/mol. The highest BCUT2D eigenvalue weighted by Gasteiger charge is 2.38. The highest BCUT2D eigenvalue weighted by molar-refractivity contribution is 8.03. The minimum atomic E-state index is -0.0590. The fraction of sp³-hybridized carbons (Fsp3) is 0.429. The van der Waals surface area contributed by atoms with Crippen LogP contribution >= 0.6 is 35.8 Å². The van der Waals surface area contributed by atoms with Gasteiger partial charge in [0, 0.05) is 11.8 Å². The first-order valence-electron chi connectivity index (χ1n) is 3.43. The standard InChI is InChI=1S/C7H7ClNOS.ClH/c8-6-2-1-5(10)7-9(6)3-4-11-7;/h3-4,7H,1-2H2;1H/q+1;. The average molecular weight is 225 g/mol. The zero-order valence-electron chi connectivity index (χ0n) is 6.20. The summed E-state index contributed by atoms with van der Waals surface area (Å²) in [5.41, 5.74) is 0. The van der Waals surface area contributed by atoms with Gasteiger partial charge in [-0.15, -0.1) is 12.4 Å². The summed E-state index contributed by atoms with van der Waals surface area (Å²) in [5.74, 6) is 0.282. The highest BCUT2D eigenvalue weighted by Crippen LogP contribution is 2.27. The van der Waals surface area contributed by atoms with Gasteiger partial charge in [0.25, 0.3) is 10.5 Å². The number of halogens is 2. The zero-order valence-corrected chi connectivity index (χ0v) is 8.59. The molecule has 0 spiro atoms. The number of thioether (sulfide) groups is 1. The molecule has 0 bridgehead atoms. The van der Waals surface area contributed by atoms with Gasteiger partial charge in [-0.3, -0.25) is 4.79 Å². The average Bonchev–Trinajstić information content (AvgIpc) is 2.45. The first kappa shape index (κ1) is 10.1. The Morgan fingerprint density at radius 1 is 1.58 bits per heavy atom. The van der Waals surface area contributed by atoms with Gasteiger partial charge in [-0.25, -0.2) is 0 Å². The molecule has 2 aliphatic rings. The van der Waals surface area contributed by atoms with E-state index in [2.05, 4.69) is 0 Å². The molecule has 2 heterocycles. The van der Waals surface area contributed by atoms with Crippen LogP contribution in [0.25, 0.3) is 0 Å². The number of hydrogen-bond acceptors (Lipinski definition) is 2. The number of ketones is 1. The largest absolute Gasteiger partial charge is 0.291 e. The van der Waals surface area contributed by atoms with Crippen LogP contribution in [-0.4, -0.2) is 20.9 Å². The Bertz CT molecular complexity index is 275. The van der Waals surface area contributed by atoms with E-state index in [4.69, 9.17) is 11.6 Å². The fourth-order valence-corrected chi connectivity index (χ4v) is 2.49. The first-order valence-corrected chi connectivity index (χ1v) is 4.75. The monoisotopic (exact) mass is 224 g/mol. The molecule has 2 rings (SSSR count). The molecular weight excluding hydrogens is 217 g/mol. The van der Waals surface area contributed by atoms with E-state index in [1.165, 1.54) is 11.8 Å². The van der Waals surface area contributed by atoms with E-state index in [1.807, 2.05) is 16.2 Å². The molecule has 2 aliphatic heterocycles. The second kappa shape index (κ2) is 3.81. The third kappa shape index (κ3) is 1.53. The van der Waals surface area contributed by atoms with Crippen LogP contribution in [0.3, 0.4) is 0 Å². The molecule has 5 heteroatoms. The van der Waals surface area contributed by atoms with Gasteiger partial charge in [0.05, 0.1) is 6.42 Å². The lowest BCUT2D eigenvalue weighted by Gasteiger charge is -2.10. The van der Waals surface area contributed by atoms with Gasteiger partial charge in [0.1, 0.15) is 0 Å². The molecule has 0 aromatic heterocycles. The van der Waals surface area contributed by atoms with Gasteiger partial charge < -0.3 is 0 Å². The topological polar surface area (TPSA) is 20.1 Å². The SMILES string of the molecule is Cl.O=C1CCC(Cl)=[N+]2C=CSC12. The highest BCUT2D eigenvalue weighted by atomic mass is 35.5. The summed E-state index contributed by atoms with van der Waals surface area (Å²) in [7, 11) is 0. The summed E-state index contributed by atoms with van der Waals surface area (Å²) in [5, 5.41) is 2.64. The fourth-order valence-electron chi connectivity index (χ4n) is 1.24. The molecule has 1 atom stereocenters. The molecule has 1 unspecified atom stereocenters. The number of fused-ring (bicyclic) bond motifs is 1. The molecule has 0 N–H and O–H groups in total. The smallest absolute Gasteiger partial charge is 0.267 e. The molecular formula is C7H8Cl2NOS+. The Balaban J connectivity index is 0.000000720. The van der Waals surface area contributed by atoms with E-state index in [9.17, 15) is 4.79 Å². The lowest BCUT2D eigenvalue weighted by molar-refractivity contribution is -0.456. The van der Waals surface area contributed by atoms with E-state index in [0.717, 1.165) is 5.17 Å². The number of carbonyl (C=O) groups is 1. The van der Waals surface area contributed by atoms with Crippen LogP contribution in [0.1, 0.15) is 12.8 Å². The van der Waals surface area contributed by atoms with Gasteiger partial charge in [0.15, 0.2) is 6.20 Å². The maximum absolute atomic E-state index is 11.2. The van der Waals surface area contributed by atoms with Crippen LogP contribution in [0.2, 0.25) is 0 Å². The lowest BCUT2D eigenvalue weighted by Crippen LogP contribution is -2.32. The third-order valence-corrected chi connectivity index (χ3v) is 3.23. The number of rotatable bonds is 0. The van der Waals surface area contributed by atoms with Crippen LogP contribution in [-0.2, 0) is 4.79 Å². The van der Waals surface area contributed by atoms with Crippen molar-refractivity contribution >= 4 is 46.7 Å². The maximum atomic E-state index is 11.2. The zero-order chi connectivity index (χ0) is 7.84. The minimum absolute atomic E-state index is 0. The molecule has 0 aromatic carbocycles. The summed E-state index contributed by atoms with van der Waals surface area (Å²) < 4.78 is 1.85. The van der Waals surface area contributed by atoms with E-state index in [1.54, 1.807) is 0 Å². The van der Waals surface area contributed by atoms with Gasteiger partial charge in [0.2, 0.25) is 5.78 Å². The van der Waals surface area contributed by atoms with Crippen molar-refractivity contribution in [1.82, 2.24) is 0 Å². The van der Waals surface area contributed by atoms with Crippen molar-refractivity contribution in [3.05, 3.63) is 11.6 Å². The summed E-state index contributed by atoms with van der Waals surface area (Å²) in [6, 6.07) is 0. The van der Waals surface area contributed by atoms with Crippen molar-refractivity contribution in [1.29, 1.82) is 0 Å². The van der Waals surface area contributed by atoms with Crippen molar-refractivity contribution in [2.24, 2.45) is 0 Å². The number of Topliss-reactive ketones (excluding diaryl/α,β-unsaturated/α-hetero) is 1. The van der Waals surface area contributed by atoms with E-state index in [0.29, 0.717) is 12.8 Å². The lowest BCUT2D eigenvalue weighted by atomic mass is 10.2. The Hall–Kier alpha value is 0.01000. The molecule has 0 aromatic rings. The molecule has 12 heavy (non-hydrogen) atoms. The molecule has 2 nitrogen and oxygen atoms in total. The second-order valence-electron chi connectivity index (χ2n) is 2.52. The number of hydrogen-bond donors (Lipinski definition) is 0.